The van der Waals surface area contributed by atoms with E-state index in [1.807, 2.05) is 36.4 Å². The van der Waals surface area contributed by atoms with Gasteiger partial charge in [0.1, 0.15) is 11.5 Å². The first-order valence-electron chi connectivity index (χ1n) is 12.7. The molecule has 2 saturated heterocycles. The molecule has 2 heterocycles. The van der Waals surface area contributed by atoms with E-state index in [0.29, 0.717) is 54.5 Å². The standard InChI is InChI=1S/C30H32N2O7/c1-36-23-7-5-6-21(18-23)32-27(19-8-10-22(33)11-9-19)30(29(32)35)12-14-31(15-13-30)28(34)20-16-24(37-2)26(39-4)25(17-20)38-3/h5-11,16-18,27,33H,12-15H2,1-4H3. The minimum absolute atomic E-state index is 0.0220. The summed E-state index contributed by atoms with van der Waals surface area (Å²) in [6.07, 6.45) is 1.02. The first-order chi connectivity index (χ1) is 18.9. The zero-order valence-electron chi connectivity index (χ0n) is 22.5. The van der Waals surface area contributed by atoms with Crippen LogP contribution in [0, 0.1) is 5.41 Å². The Balaban J connectivity index is 1.42. The summed E-state index contributed by atoms with van der Waals surface area (Å²) in [5.41, 5.74) is 1.44. The van der Waals surface area contributed by atoms with E-state index in [9.17, 15) is 14.7 Å². The lowest BCUT2D eigenvalue weighted by molar-refractivity contribution is -0.144. The van der Waals surface area contributed by atoms with Crippen LogP contribution in [-0.4, -0.2) is 63.3 Å². The maximum atomic E-state index is 13.9. The van der Waals surface area contributed by atoms with E-state index in [1.165, 1.54) is 21.3 Å². The summed E-state index contributed by atoms with van der Waals surface area (Å²) >= 11 is 0. The number of rotatable bonds is 7. The molecular formula is C30H32N2O7. The Morgan fingerprint density at radius 1 is 0.872 bits per heavy atom. The molecule has 3 aromatic rings. The number of likely N-dealkylation sites (tertiary alicyclic amines) is 1. The van der Waals surface area contributed by atoms with Crippen LogP contribution in [0.2, 0.25) is 0 Å². The number of benzene rings is 3. The van der Waals surface area contributed by atoms with Crippen molar-refractivity contribution in [3.05, 3.63) is 71.8 Å². The smallest absolute Gasteiger partial charge is 0.254 e. The van der Waals surface area contributed by atoms with E-state index < -0.39 is 5.41 Å². The highest BCUT2D eigenvalue weighted by Gasteiger charge is 2.62. The van der Waals surface area contributed by atoms with Gasteiger partial charge in [-0.05, 0) is 54.8 Å². The van der Waals surface area contributed by atoms with Crippen molar-refractivity contribution in [1.29, 1.82) is 0 Å². The molecular weight excluding hydrogens is 500 g/mol. The summed E-state index contributed by atoms with van der Waals surface area (Å²) in [6.45, 7) is 0.837. The van der Waals surface area contributed by atoms with E-state index in [2.05, 4.69) is 0 Å². The second kappa shape index (κ2) is 10.4. The van der Waals surface area contributed by atoms with Gasteiger partial charge in [0.15, 0.2) is 11.5 Å². The van der Waals surface area contributed by atoms with Crippen LogP contribution in [0.3, 0.4) is 0 Å². The van der Waals surface area contributed by atoms with Gasteiger partial charge in [-0.1, -0.05) is 18.2 Å². The van der Waals surface area contributed by atoms with Crippen LogP contribution in [0.5, 0.6) is 28.7 Å². The van der Waals surface area contributed by atoms with Crippen LogP contribution in [0.15, 0.2) is 60.7 Å². The molecule has 5 rings (SSSR count). The number of phenolic OH excluding ortho intramolecular Hbond substituents is 1. The average Bonchev–Trinajstić information content (AvgIpc) is 2.99. The Hall–Kier alpha value is -4.40. The van der Waals surface area contributed by atoms with Gasteiger partial charge in [0.2, 0.25) is 11.7 Å². The largest absolute Gasteiger partial charge is 0.508 e. The van der Waals surface area contributed by atoms with E-state index >= 15 is 0 Å². The van der Waals surface area contributed by atoms with Gasteiger partial charge in [-0.15, -0.1) is 0 Å². The zero-order valence-corrected chi connectivity index (χ0v) is 22.5. The molecule has 39 heavy (non-hydrogen) atoms. The fourth-order valence-electron chi connectivity index (χ4n) is 5.79. The second-order valence-electron chi connectivity index (χ2n) is 9.73. The summed E-state index contributed by atoms with van der Waals surface area (Å²) in [4.78, 5) is 30.9. The molecule has 3 aromatic carbocycles. The highest BCUT2D eigenvalue weighted by molar-refractivity contribution is 6.06. The summed E-state index contributed by atoms with van der Waals surface area (Å²) < 4.78 is 21.6. The normalized spacial score (nSPS) is 17.9. The van der Waals surface area contributed by atoms with Crippen LogP contribution in [0.4, 0.5) is 5.69 Å². The third kappa shape index (κ3) is 4.37. The van der Waals surface area contributed by atoms with Gasteiger partial charge in [0.25, 0.3) is 5.91 Å². The molecule has 9 heteroatoms. The number of carbonyl (C=O) groups excluding carboxylic acids is 2. The van der Waals surface area contributed by atoms with Gasteiger partial charge in [-0.25, -0.2) is 0 Å². The Morgan fingerprint density at radius 3 is 2.08 bits per heavy atom. The topological polar surface area (TPSA) is 97.8 Å². The van der Waals surface area contributed by atoms with E-state index in [1.54, 1.807) is 41.2 Å². The van der Waals surface area contributed by atoms with Crippen molar-refractivity contribution in [1.82, 2.24) is 4.90 Å². The maximum absolute atomic E-state index is 13.9. The summed E-state index contributed by atoms with van der Waals surface area (Å²) in [5.74, 6) is 1.92. The molecule has 0 radical (unpaired) electrons. The number of anilines is 1. The van der Waals surface area contributed by atoms with Gasteiger partial charge in [0, 0.05) is 30.4 Å². The average molecular weight is 533 g/mol. The molecule has 0 bridgehead atoms. The van der Waals surface area contributed by atoms with Crippen molar-refractivity contribution in [2.45, 2.75) is 18.9 Å². The van der Waals surface area contributed by atoms with Crippen molar-refractivity contribution < 1.29 is 33.6 Å². The Bertz CT molecular complexity index is 1360. The first kappa shape index (κ1) is 26.2. The second-order valence-corrected chi connectivity index (χ2v) is 9.73. The lowest BCUT2D eigenvalue weighted by atomic mass is 9.62. The number of aromatic hydroxyl groups is 1. The zero-order chi connectivity index (χ0) is 27.7. The monoisotopic (exact) mass is 532 g/mol. The molecule has 2 aliphatic heterocycles. The van der Waals surface area contributed by atoms with Crippen molar-refractivity contribution in [2.24, 2.45) is 5.41 Å². The van der Waals surface area contributed by atoms with Gasteiger partial charge >= 0.3 is 0 Å². The number of piperidine rings is 1. The number of carbonyl (C=O) groups is 2. The molecule has 2 fully saturated rings. The van der Waals surface area contributed by atoms with Crippen LogP contribution in [-0.2, 0) is 4.79 Å². The Morgan fingerprint density at radius 2 is 1.51 bits per heavy atom. The molecule has 0 aliphatic carbocycles. The highest BCUT2D eigenvalue weighted by atomic mass is 16.5. The predicted octanol–water partition coefficient (Wildman–Crippen LogP) is 4.44. The van der Waals surface area contributed by atoms with Crippen LogP contribution < -0.4 is 23.8 Å². The predicted molar refractivity (Wildman–Crippen MR) is 145 cm³/mol. The summed E-state index contributed by atoms with van der Waals surface area (Å²) in [7, 11) is 6.13. The lowest BCUT2D eigenvalue weighted by Crippen LogP contribution is -2.67. The number of hydrogen-bond acceptors (Lipinski definition) is 7. The molecule has 0 saturated carbocycles. The molecule has 204 valence electrons. The molecule has 0 aromatic heterocycles. The van der Waals surface area contributed by atoms with Crippen LogP contribution in [0.25, 0.3) is 0 Å². The van der Waals surface area contributed by atoms with Gasteiger partial charge in [-0.2, -0.15) is 0 Å². The number of amides is 2. The van der Waals surface area contributed by atoms with Gasteiger partial charge in [0.05, 0.1) is 39.9 Å². The van der Waals surface area contributed by atoms with E-state index in [-0.39, 0.29) is 23.6 Å². The minimum Gasteiger partial charge on any atom is -0.508 e. The quantitative estimate of drug-likeness (QED) is 0.450. The van der Waals surface area contributed by atoms with Crippen molar-refractivity contribution >= 4 is 17.5 Å². The molecule has 1 N–H and O–H groups in total. The molecule has 1 unspecified atom stereocenters. The number of ether oxygens (including phenoxy) is 4. The fourth-order valence-corrected chi connectivity index (χ4v) is 5.79. The molecule has 2 amide bonds. The van der Waals surface area contributed by atoms with Crippen LogP contribution >= 0.6 is 0 Å². The van der Waals surface area contributed by atoms with Crippen LogP contribution in [0.1, 0.15) is 34.8 Å². The van der Waals surface area contributed by atoms with Crippen molar-refractivity contribution in [2.75, 3.05) is 46.4 Å². The molecule has 1 spiro atoms. The lowest BCUT2D eigenvalue weighted by Gasteiger charge is -2.59. The highest BCUT2D eigenvalue weighted by Crippen LogP contribution is 2.58. The molecule has 1 atom stereocenters. The molecule has 2 aliphatic rings. The third-order valence-corrected chi connectivity index (χ3v) is 7.82. The maximum Gasteiger partial charge on any atom is 0.254 e. The third-order valence-electron chi connectivity index (χ3n) is 7.82. The molecule has 9 nitrogen and oxygen atoms in total. The number of phenols is 1. The minimum atomic E-state index is -0.661. The number of nitrogens with zero attached hydrogens (tertiary/aromatic N) is 2. The summed E-state index contributed by atoms with van der Waals surface area (Å²) in [6, 6.07) is 17.5. The Kier molecular flexibility index (Phi) is 6.99. The van der Waals surface area contributed by atoms with Gasteiger partial charge < -0.3 is 33.9 Å². The van der Waals surface area contributed by atoms with Crippen molar-refractivity contribution in [3.8, 4) is 28.7 Å². The first-order valence-corrected chi connectivity index (χ1v) is 12.7. The fraction of sp³-hybridized carbons (Fsp3) is 0.333. The number of methoxy groups -OCH3 is 4. The SMILES string of the molecule is COc1cccc(N2C(=O)C3(CCN(C(=O)c4cc(OC)c(OC)c(OC)c4)CC3)C2c2ccc(O)cc2)c1. The number of hydrogen-bond donors (Lipinski definition) is 1. The van der Waals surface area contributed by atoms with Gasteiger partial charge in [-0.3, -0.25) is 9.59 Å². The van der Waals surface area contributed by atoms with Crippen molar-refractivity contribution in [3.63, 3.8) is 0 Å². The van der Waals surface area contributed by atoms with E-state index in [0.717, 1.165) is 11.3 Å². The summed E-state index contributed by atoms with van der Waals surface area (Å²) in [5, 5.41) is 9.88. The number of β-lactam (4-membered cyclic amide) rings is 1. The Labute approximate surface area is 227 Å². The van der Waals surface area contributed by atoms with E-state index in [4.69, 9.17) is 18.9 Å².